The molecule has 0 N–H and O–H groups in total. The summed E-state index contributed by atoms with van der Waals surface area (Å²) in [6.07, 6.45) is 0.930. The van der Waals surface area contributed by atoms with E-state index in [1.54, 1.807) is 0 Å². The van der Waals surface area contributed by atoms with E-state index in [0.29, 0.717) is 18.0 Å². The Balaban J connectivity index is 2.34. The van der Waals surface area contributed by atoms with Crippen LogP contribution in [0, 0.1) is 5.92 Å². The van der Waals surface area contributed by atoms with Crippen LogP contribution in [0.3, 0.4) is 0 Å². The van der Waals surface area contributed by atoms with Gasteiger partial charge in [-0.1, -0.05) is 30.6 Å². The van der Waals surface area contributed by atoms with Gasteiger partial charge in [0.15, 0.2) is 0 Å². The van der Waals surface area contributed by atoms with Crippen molar-refractivity contribution in [1.82, 2.24) is 0 Å². The summed E-state index contributed by atoms with van der Waals surface area (Å²) in [5, 5.41) is 0. The van der Waals surface area contributed by atoms with Crippen molar-refractivity contribution < 1.29 is 9.53 Å². The lowest BCUT2D eigenvalue weighted by atomic mass is 9.89. The molecular weight excluding hydrogens is 199 g/mol. The van der Waals surface area contributed by atoms with Gasteiger partial charge in [0.05, 0.1) is 12.5 Å². The van der Waals surface area contributed by atoms with Crippen LogP contribution in [-0.4, -0.2) is 20.4 Å². The zero-order valence-electron chi connectivity index (χ0n) is 9.69. The second-order valence-electron chi connectivity index (χ2n) is 4.37. The molecule has 0 spiro atoms. The fraction of sp³-hybridized carbons (Fsp3) is 0.462. The SMILES string of the molecule is [B]c1ccc2c(c1)C(C(=O)OCC)C(C)C2. The normalized spacial score (nSPS) is 22.9. The summed E-state index contributed by atoms with van der Waals surface area (Å²) >= 11 is 0. The Bertz CT molecular complexity index is 414. The Labute approximate surface area is 97.4 Å². The molecule has 16 heavy (non-hydrogen) atoms. The first-order chi connectivity index (χ1) is 7.63. The molecule has 0 fully saturated rings. The number of esters is 1. The minimum atomic E-state index is -0.140. The van der Waals surface area contributed by atoms with Gasteiger partial charge >= 0.3 is 5.97 Å². The number of hydrogen-bond acceptors (Lipinski definition) is 2. The van der Waals surface area contributed by atoms with Gasteiger partial charge in [0.1, 0.15) is 7.85 Å². The Kier molecular flexibility index (Phi) is 3.04. The lowest BCUT2D eigenvalue weighted by molar-refractivity contribution is -0.145. The average Bonchev–Trinajstić information content (AvgIpc) is 2.53. The van der Waals surface area contributed by atoms with Crippen LogP contribution in [-0.2, 0) is 16.0 Å². The Morgan fingerprint density at radius 3 is 3.00 bits per heavy atom. The maximum Gasteiger partial charge on any atom is 0.313 e. The zero-order chi connectivity index (χ0) is 11.7. The molecule has 3 heteroatoms. The fourth-order valence-corrected chi connectivity index (χ4v) is 2.45. The van der Waals surface area contributed by atoms with Crippen LogP contribution in [0.1, 0.15) is 30.9 Å². The molecule has 2 nitrogen and oxygen atoms in total. The predicted molar refractivity (Wildman–Crippen MR) is 64.1 cm³/mol. The van der Waals surface area contributed by atoms with Crippen LogP contribution in [0.4, 0.5) is 0 Å². The first kappa shape index (κ1) is 11.2. The van der Waals surface area contributed by atoms with Gasteiger partial charge in [-0.15, -0.1) is 0 Å². The van der Waals surface area contributed by atoms with Crippen LogP contribution >= 0.6 is 0 Å². The summed E-state index contributed by atoms with van der Waals surface area (Å²) in [6.45, 7) is 4.34. The van der Waals surface area contributed by atoms with Gasteiger partial charge in [0.2, 0.25) is 0 Å². The molecule has 0 heterocycles. The first-order valence-electron chi connectivity index (χ1n) is 5.68. The summed E-state index contributed by atoms with van der Waals surface area (Å²) in [4.78, 5) is 11.9. The molecule has 0 saturated heterocycles. The largest absolute Gasteiger partial charge is 0.466 e. The van der Waals surface area contributed by atoms with E-state index < -0.39 is 0 Å². The summed E-state index contributed by atoms with van der Waals surface area (Å²) < 4.78 is 5.11. The van der Waals surface area contributed by atoms with Crippen LogP contribution in [0.2, 0.25) is 0 Å². The molecular formula is C13H15BO2. The van der Waals surface area contributed by atoms with Crippen LogP contribution in [0.15, 0.2) is 18.2 Å². The van der Waals surface area contributed by atoms with Gasteiger partial charge in [-0.3, -0.25) is 4.79 Å². The third-order valence-electron chi connectivity index (χ3n) is 3.16. The first-order valence-corrected chi connectivity index (χ1v) is 5.68. The lowest BCUT2D eigenvalue weighted by Gasteiger charge is -2.15. The fourth-order valence-electron chi connectivity index (χ4n) is 2.45. The Morgan fingerprint density at radius 1 is 1.56 bits per heavy atom. The number of carbonyl (C=O) groups excluding carboxylic acids is 1. The number of ether oxygens (including phenoxy) is 1. The summed E-state index contributed by atoms with van der Waals surface area (Å²) in [6, 6.07) is 5.81. The van der Waals surface area contributed by atoms with Crippen molar-refractivity contribution in [1.29, 1.82) is 0 Å². The van der Waals surface area contributed by atoms with Crippen molar-refractivity contribution >= 4 is 19.3 Å². The molecule has 1 aliphatic rings. The number of fused-ring (bicyclic) bond motifs is 1. The third kappa shape index (κ3) is 1.86. The highest BCUT2D eigenvalue weighted by molar-refractivity contribution is 6.32. The number of hydrogen-bond donors (Lipinski definition) is 0. The molecule has 82 valence electrons. The topological polar surface area (TPSA) is 26.3 Å². The van der Waals surface area contributed by atoms with Gasteiger partial charge in [-0.2, -0.15) is 0 Å². The molecule has 0 aromatic heterocycles. The van der Waals surface area contributed by atoms with Gasteiger partial charge in [0, 0.05) is 0 Å². The molecule has 1 aromatic carbocycles. The van der Waals surface area contributed by atoms with Gasteiger partial charge in [0.25, 0.3) is 0 Å². The van der Waals surface area contributed by atoms with Crippen LogP contribution in [0.25, 0.3) is 0 Å². The standard InChI is InChI=1S/C13H15BO2/c1-3-16-13(15)12-8(2)6-9-4-5-10(14)7-11(9)12/h4-5,7-8,12H,3,6H2,1-2H3. The highest BCUT2D eigenvalue weighted by Crippen LogP contribution is 2.37. The molecule has 2 atom stereocenters. The van der Waals surface area contributed by atoms with E-state index in [-0.39, 0.29) is 11.9 Å². The van der Waals surface area contributed by atoms with E-state index in [0.717, 1.165) is 12.0 Å². The molecule has 1 aliphatic carbocycles. The van der Waals surface area contributed by atoms with Crippen molar-refractivity contribution in [2.75, 3.05) is 6.61 Å². The minimum absolute atomic E-state index is 0.126. The molecule has 1 aromatic rings. The van der Waals surface area contributed by atoms with E-state index in [1.807, 2.05) is 25.1 Å². The quantitative estimate of drug-likeness (QED) is 0.548. The summed E-state index contributed by atoms with van der Waals surface area (Å²) in [5.74, 6) is 0.0358. The number of rotatable bonds is 2. The van der Waals surface area contributed by atoms with Crippen molar-refractivity contribution in [2.24, 2.45) is 5.92 Å². The molecule has 0 saturated carbocycles. The Morgan fingerprint density at radius 2 is 2.31 bits per heavy atom. The second kappa shape index (κ2) is 4.32. The zero-order valence-corrected chi connectivity index (χ0v) is 9.69. The number of benzene rings is 1. The lowest BCUT2D eigenvalue weighted by Crippen LogP contribution is -2.19. The van der Waals surface area contributed by atoms with Gasteiger partial charge in [-0.05, 0) is 30.4 Å². The van der Waals surface area contributed by atoms with Gasteiger partial charge in [-0.25, -0.2) is 0 Å². The number of carbonyl (C=O) groups is 1. The Hall–Kier alpha value is -1.25. The maximum atomic E-state index is 11.9. The van der Waals surface area contributed by atoms with Crippen molar-refractivity contribution in [3.8, 4) is 0 Å². The molecule has 0 amide bonds. The second-order valence-corrected chi connectivity index (χ2v) is 4.37. The predicted octanol–water partition coefficient (Wildman–Crippen LogP) is 1.32. The molecule has 2 radical (unpaired) electrons. The maximum absolute atomic E-state index is 11.9. The summed E-state index contributed by atoms with van der Waals surface area (Å²) in [7, 11) is 5.76. The minimum Gasteiger partial charge on any atom is -0.466 e. The monoisotopic (exact) mass is 214 g/mol. The van der Waals surface area contributed by atoms with Crippen molar-refractivity contribution in [3.05, 3.63) is 29.3 Å². The average molecular weight is 214 g/mol. The molecule has 2 unspecified atom stereocenters. The highest BCUT2D eigenvalue weighted by atomic mass is 16.5. The summed E-state index contributed by atoms with van der Waals surface area (Å²) in [5.41, 5.74) is 2.98. The van der Waals surface area contributed by atoms with Gasteiger partial charge < -0.3 is 4.74 Å². The molecule has 2 rings (SSSR count). The van der Waals surface area contributed by atoms with E-state index >= 15 is 0 Å². The van der Waals surface area contributed by atoms with E-state index in [2.05, 4.69) is 6.92 Å². The van der Waals surface area contributed by atoms with E-state index in [1.165, 1.54) is 5.56 Å². The highest BCUT2D eigenvalue weighted by Gasteiger charge is 2.35. The van der Waals surface area contributed by atoms with Crippen LogP contribution in [0.5, 0.6) is 0 Å². The van der Waals surface area contributed by atoms with Crippen molar-refractivity contribution in [3.63, 3.8) is 0 Å². The van der Waals surface area contributed by atoms with E-state index in [9.17, 15) is 4.79 Å². The van der Waals surface area contributed by atoms with Crippen molar-refractivity contribution in [2.45, 2.75) is 26.2 Å². The smallest absolute Gasteiger partial charge is 0.313 e. The third-order valence-corrected chi connectivity index (χ3v) is 3.16. The molecule has 0 bridgehead atoms. The molecule has 0 aliphatic heterocycles. The van der Waals surface area contributed by atoms with E-state index in [4.69, 9.17) is 12.6 Å². The van der Waals surface area contributed by atoms with Crippen LogP contribution < -0.4 is 5.46 Å².